The van der Waals surface area contributed by atoms with Gasteiger partial charge in [0.2, 0.25) is 5.95 Å². The minimum absolute atomic E-state index is 0.487. The highest BCUT2D eigenvalue weighted by molar-refractivity contribution is 7.80. The molecular weight excluding hydrogens is 368 g/mol. The SMILES string of the molecule is S=C(Nc1nc(N2CCCCC2)cc(N2CCCCC2)n1)NC1CCCCC1. The van der Waals surface area contributed by atoms with Crippen LogP contribution in [0, 0.1) is 0 Å². The van der Waals surface area contributed by atoms with Crippen LogP contribution in [0.2, 0.25) is 0 Å². The Kier molecular flexibility index (Phi) is 6.83. The topological polar surface area (TPSA) is 56.3 Å². The number of nitrogens with one attached hydrogen (secondary N) is 2. The average molecular weight is 403 g/mol. The van der Waals surface area contributed by atoms with Crippen LogP contribution < -0.4 is 20.4 Å². The molecule has 0 amide bonds. The Morgan fingerprint density at radius 2 is 1.29 bits per heavy atom. The summed E-state index contributed by atoms with van der Waals surface area (Å²) in [5.74, 6) is 2.72. The lowest BCUT2D eigenvalue weighted by molar-refractivity contribution is 0.414. The number of hydrogen-bond acceptors (Lipinski definition) is 5. The van der Waals surface area contributed by atoms with E-state index in [-0.39, 0.29) is 0 Å². The Bertz CT molecular complexity index is 612. The van der Waals surface area contributed by atoms with Gasteiger partial charge in [-0.3, -0.25) is 0 Å². The molecule has 2 saturated heterocycles. The fourth-order valence-corrected chi connectivity index (χ4v) is 4.88. The van der Waals surface area contributed by atoms with E-state index in [0.29, 0.717) is 17.1 Å². The van der Waals surface area contributed by atoms with Crippen molar-refractivity contribution in [3.05, 3.63) is 6.07 Å². The normalized spacial score (nSPS) is 21.4. The van der Waals surface area contributed by atoms with Crippen LogP contribution in [-0.2, 0) is 0 Å². The number of piperidine rings is 2. The Hall–Kier alpha value is -1.63. The summed E-state index contributed by atoms with van der Waals surface area (Å²) in [6, 6.07) is 2.67. The summed E-state index contributed by atoms with van der Waals surface area (Å²) in [4.78, 5) is 14.5. The lowest BCUT2D eigenvalue weighted by atomic mass is 9.96. The molecule has 0 bridgehead atoms. The molecule has 1 aromatic heterocycles. The van der Waals surface area contributed by atoms with Crippen molar-refractivity contribution in [3.8, 4) is 0 Å². The summed E-state index contributed by atoms with van der Waals surface area (Å²) in [7, 11) is 0. The van der Waals surface area contributed by atoms with Crippen LogP contribution in [0.1, 0.15) is 70.6 Å². The van der Waals surface area contributed by atoms with Gasteiger partial charge in [0.05, 0.1) is 0 Å². The Balaban J connectivity index is 1.49. The zero-order valence-corrected chi connectivity index (χ0v) is 17.8. The first-order valence-corrected chi connectivity index (χ1v) is 11.7. The molecule has 3 aliphatic rings. The van der Waals surface area contributed by atoms with Gasteiger partial charge in [0.1, 0.15) is 11.6 Å². The number of anilines is 3. The zero-order valence-electron chi connectivity index (χ0n) is 17.0. The number of nitrogens with zero attached hydrogens (tertiary/aromatic N) is 4. The van der Waals surface area contributed by atoms with Gasteiger partial charge in [-0.1, -0.05) is 19.3 Å². The Labute approximate surface area is 174 Å². The molecule has 6 nitrogen and oxygen atoms in total. The fraction of sp³-hybridized carbons (Fsp3) is 0.762. The van der Waals surface area contributed by atoms with Gasteiger partial charge in [0.15, 0.2) is 5.11 Å². The van der Waals surface area contributed by atoms with Crippen LogP contribution in [0.3, 0.4) is 0 Å². The van der Waals surface area contributed by atoms with Crippen LogP contribution in [0.4, 0.5) is 17.6 Å². The molecule has 0 unspecified atom stereocenters. The molecule has 2 aliphatic heterocycles. The molecule has 3 fully saturated rings. The van der Waals surface area contributed by atoms with E-state index in [0.717, 1.165) is 37.8 Å². The Morgan fingerprint density at radius 3 is 1.82 bits per heavy atom. The lowest BCUT2D eigenvalue weighted by Gasteiger charge is -2.31. The molecule has 1 aromatic rings. The average Bonchev–Trinajstić information content (AvgIpc) is 2.75. The van der Waals surface area contributed by atoms with Gasteiger partial charge in [-0.25, -0.2) is 0 Å². The predicted molar refractivity (Wildman–Crippen MR) is 120 cm³/mol. The monoisotopic (exact) mass is 402 g/mol. The molecule has 0 aromatic carbocycles. The Morgan fingerprint density at radius 1 is 0.786 bits per heavy atom. The molecule has 2 N–H and O–H groups in total. The van der Waals surface area contributed by atoms with Crippen molar-refractivity contribution in [2.45, 2.75) is 76.7 Å². The van der Waals surface area contributed by atoms with E-state index in [1.165, 1.54) is 70.6 Å². The summed E-state index contributed by atoms with van der Waals surface area (Å²) >= 11 is 5.59. The van der Waals surface area contributed by atoms with E-state index in [1.807, 2.05) is 0 Å². The van der Waals surface area contributed by atoms with Crippen molar-refractivity contribution >= 4 is 34.9 Å². The second-order valence-electron chi connectivity index (χ2n) is 8.44. The van der Waals surface area contributed by atoms with Crippen LogP contribution in [-0.4, -0.2) is 47.3 Å². The first-order chi connectivity index (χ1) is 13.8. The van der Waals surface area contributed by atoms with Crippen molar-refractivity contribution in [1.29, 1.82) is 0 Å². The van der Waals surface area contributed by atoms with Crippen molar-refractivity contribution in [2.24, 2.45) is 0 Å². The zero-order chi connectivity index (χ0) is 19.2. The summed E-state index contributed by atoms with van der Waals surface area (Å²) < 4.78 is 0. The van der Waals surface area contributed by atoms with Crippen LogP contribution in [0.5, 0.6) is 0 Å². The molecule has 1 aliphatic carbocycles. The predicted octanol–water partition coefficient (Wildman–Crippen LogP) is 4.08. The quantitative estimate of drug-likeness (QED) is 0.736. The largest absolute Gasteiger partial charge is 0.360 e. The van der Waals surface area contributed by atoms with Crippen molar-refractivity contribution in [2.75, 3.05) is 41.3 Å². The third kappa shape index (κ3) is 5.25. The standard InChI is InChI=1S/C21H34N6S/c28-21(22-17-10-4-1-5-11-17)25-20-23-18(26-12-6-2-7-13-26)16-19(24-20)27-14-8-3-9-15-27/h16-17H,1-15H2,(H2,22,23,24,25,28). The molecular formula is C21H34N6S. The van der Waals surface area contributed by atoms with E-state index in [1.54, 1.807) is 0 Å². The molecule has 3 heterocycles. The van der Waals surface area contributed by atoms with E-state index in [4.69, 9.17) is 22.2 Å². The van der Waals surface area contributed by atoms with Crippen molar-refractivity contribution in [1.82, 2.24) is 15.3 Å². The smallest absolute Gasteiger partial charge is 0.232 e. The molecule has 1 saturated carbocycles. The maximum absolute atomic E-state index is 5.59. The third-order valence-electron chi connectivity index (χ3n) is 6.22. The lowest BCUT2D eigenvalue weighted by Crippen LogP contribution is -2.39. The molecule has 4 rings (SSSR count). The maximum atomic E-state index is 5.59. The molecule has 0 radical (unpaired) electrons. The number of thiocarbonyl (C=S) groups is 1. The molecule has 0 spiro atoms. The summed E-state index contributed by atoms with van der Waals surface area (Å²) in [5, 5.41) is 7.43. The molecule has 28 heavy (non-hydrogen) atoms. The summed E-state index contributed by atoms with van der Waals surface area (Å²) in [6.07, 6.45) is 14.0. The highest BCUT2D eigenvalue weighted by Gasteiger charge is 2.20. The molecule has 7 heteroatoms. The highest BCUT2D eigenvalue weighted by Crippen LogP contribution is 2.26. The second-order valence-corrected chi connectivity index (χ2v) is 8.85. The van der Waals surface area contributed by atoms with Crippen molar-refractivity contribution < 1.29 is 0 Å². The van der Waals surface area contributed by atoms with Gasteiger partial charge in [0, 0.05) is 38.3 Å². The first-order valence-electron chi connectivity index (χ1n) is 11.2. The number of rotatable bonds is 4. The first kappa shape index (κ1) is 19.7. The van der Waals surface area contributed by atoms with E-state index >= 15 is 0 Å². The summed E-state index contributed by atoms with van der Waals surface area (Å²) in [5.41, 5.74) is 0. The van der Waals surface area contributed by atoms with Gasteiger partial charge >= 0.3 is 0 Å². The van der Waals surface area contributed by atoms with Gasteiger partial charge in [0.25, 0.3) is 0 Å². The van der Waals surface area contributed by atoms with Gasteiger partial charge in [-0.2, -0.15) is 9.97 Å². The van der Waals surface area contributed by atoms with E-state index in [2.05, 4.69) is 26.5 Å². The van der Waals surface area contributed by atoms with Gasteiger partial charge in [-0.05, 0) is 63.6 Å². The molecule has 154 valence electrons. The minimum atomic E-state index is 0.487. The maximum Gasteiger partial charge on any atom is 0.232 e. The third-order valence-corrected chi connectivity index (χ3v) is 6.44. The minimum Gasteiger partial charge on any atom is -0.360 e. The number of hydrogen-bond donors (Lipinski definition) is 2. The fourth-order valence-electron chi connectivity index (χ4n) is 4.62. The van der Waals surface area contributed by atoms with Gasteiger partial charge < -0.3 is 20.4 Å². The highest BCUT2D eigenvalue weighted by atomic mass is 32.1. The summed E-state index contributed by atoms with van der Waals surface area (Å²) in [6.45, 7) is 4.34. The second kappa shape index (κ2) is 9.72. The van der Waals surface area contributed by atoms with Crippen LogP contribution in [0.25, 0.3) is 0 Å². The number of aromatic nitrogens is 2. The van der Waals surface area contributed by atoms with Gasteiger partial charge in [-0.15, -0.1) is 0 Å². The molecule has 0 atom stereocenters. The van der Waals surface area contributed by atoms with E-state index < -0.39 is 0 Å². The van der Waals surface area contributed by atoms with Crippen molar-refractivity contribution in [3.63, 3.8) is 0 Å². The van der Waals surface area contributed by atoms with E-state index in [9.17, 15) is 0 Å². The van der Waals surface area contributed by atoms with Crippen LogP contribution >= 0.6 is 12.2 Å². The van der Waals surface area contributed by atoms with Crippen LogP contribution in [0.15, 0.2) is 6.07 Å².